The summed E-state index contributed by atoms with van der Waals surface area (Å²) >= 11 is 0. The maximum absolute atomic E-state index is 13.4. The van der Waals surface area contributed by atoms with Crippen molar-refractivity contribution in [3.8, 4) is 0 Å². The lowest BCUT2D eigenvalue weighted by Gasteiger charge is -2.32. The van der Waals surface area contributed by atoms with E-state index in [1.807, 2.05) is 0 Å². The van der Waals surface area contributed by atoms with Crippen molar-refractivity contribution in [2.24, 2.45) is 0 Å². The molecule has 1 amide bonds. The van der Waals surface area contributed by atoms with E-state index in [2.05, 4.69) is 10.1 Å². The summed E-state index contributed by atoms with van der Waals surface area (Å²) < 4.78 is 53.4. The fourth-order valence-corrected chi connectivity index (χ4v) is 2.82. The Kier molecular flexibility index (Phi) is 4.25. The van der Waals surface area contributed by atoms with Crippen molar-refractivity contribution in [1.29, 1.82) is 0 Å². The molecule has 1 fully saturated rings. The van der Waals surface area contributed by atoms with E-state index in [1.165, 1.54) is 17.6 Å². The van der Waals surface area contributed by atoms with Gasteiger partial charge in [-0.05, 0) is 31.0 Å². The number of rotatable bonds is 2. The summed E-state index contributed by atoms with van der Waals surface area (Å²) in [6, 6.07) is 2.24. The summed E-state index contributed by atoms with van der Waals surface area (Å²) in [6.45, 7) is 0.754. The maximum Gasteiger partial charge on any atom is 0.419 e. The first-order chi connectivity index (χ1) is 11.4. The first-order valence-corrected chi connectivity index (χ1v) is 7.36. The van der Waals surface area contributed by atoms with Crippen LogP contribution in [0, 0.1) is 5.82 Å². The second-order valence-electron chi connectivity index (χ2n) is 5.62. The van der Waals surface area contributed by atoms with Crippen LogP contribution in [0.2, 0.25) is 0 Å². The molecule has 0 radical (unpaired) electrons. The SMILES string of the molecule is O=C(c1ccc(F)c(C(F)(F)F)c1)N1CCC[C@@H](n2cncn2)C1. The molecule has 1 aromatic heterocycles. The summed E-state index contributed by atoms with van der Waals surface area (Å²) in [5.74, 6) is -1.94. The van der Waals surface area contributed by atoms with Crippen molar-refractivity contribution in [3.05, 3.63) is 47.8 Å². The van der Waals surface area contributed by atoms with Crippen LogP contribution in [-0.2, 0) is 6.18 Å². The second kappa shape index (κ2) is 6.21. The van der Waals surface area contributed by atoms with E-state index in [-0.39, 0.29) is 11.6 Å². The summed E-state index contributed by atoms with van der Waals surface area (Å²) in [6.07, 6.45) is -0.422. The lowest BCUT2D eigenvalue weighted by atomic mass is 10.0. The Morgan fingerprint density at radius 1 is 1.29 bits per heavy atom. The minimum absolute atomic E-state index is 0.0762. The smallest absolute Gasteiger partial charge is 0.337 e. The molecule has 1 aromatic carbocycles. The average Bonchev–Trinajstić information content (AvgIpc) is 3.08. The molecule has 0 bridgehead atoms. The molecule has 3 rings (SSSR count). The molecule has 1 aliphatic rings. The highest BCUT2D eigenvalue weighted by atomic mass is 19.4. The number of carbonyl (C=O) groups excluding carboxylic acids is 1. The van der Waals surface area contributed by atoms with Gasteiger partial charge in [-0.3, -0.25) is 4.79 Å². The molecule has 0 spiro atoms. The van der Waals surface area contributed by atoms with Gasteiger partial charge in [0.1, 0.15) is 18.5 Å². The number of halogens is 4. The van der Waals surface area contributed by atoms with Crippen LogP contribution in [-0.4, -0.2) is 38.7 Å². The number of hydrogen-bond donors (Lipinski definition) is 0. The minimum atomic E-state index is -4.84. The Morgan fingerprint density at radius 3 is 2.75 bits per heavy atom. The number of alkyl halides is 3. The largest absolute Gasteiger partial charge is 0.419 e. The number of piperidine rings is 1. The highest BCUT2D eigenvalue weighted by Crippen LogP contribution is 2.32. The predicted molar refractivity (Wildman–Crippen MR) is 75.6 cm³/mol. The molecule has 0 aliphatic carbocycles. The topological polar surface area (TPSA) is 51.0 Å². The number of likely N-dealkylation sites (tertiary alicyclic amines) is 1. The van der Waals surface area contributed by atoms with Crippen molar-refractivity contribution in [2.45, 2.75) is 25.1 Å². The number of benzene rings is 1. The molecule has 0 saturated carbocycles. The Balaban J connectivity index is 1.81. The normalized spacial score (nSPS) is 18.7. The van der Waals surface area contributed by atoms with Crippen molar-refractivity contribution in [3.63, 3.8) is 0 Å². The van der Waals surface area contributed by atoms with Gasteiger partial charge in [-0.2, -0.15) is 18.3 Å². The van der Waals surface area contributed by atoms with E-state index in [9.17, 15) is 22.4 Å². The third-order valence-corrected chi connectivity index (χ3v) is 4.01. The molecule has 1 atom stereocenters. The number of hydrogen-bond acceptors (Lipinski definition) is 3. The van der Waals surface area contributed by atoms with Crippen LogP contribution < -0.4 is 0 Å². The Bertz CT molecular complexity index is 730. The molecule has 2 aromatic rings. The van der Waals surface area contributed by atoms with Gasteiger partial charge < -0.3 is 4.90 Å². The standard InChI is InChI=1S/C15H14F4N4O/c16-13-4-3-10(6-12(13)15(17,18)19)14(24)22-5-1-2-11(7-22)23-9-20-8-21-23/h3-4,6,8-9,11H,1-2,5,7H2/t11-/m1/s1. The third kappa shape index (κ3) is 3.24. The van der Waals surface area contributed by atoms with Gasteiger partial charge in [-0.25, -0.2) is 14.1 Å². The van der Waals surface area contributed by atoms with Crippen LogP contribution in [0.1, 0.15) is 34.8 Å². The molecule has 5 nitrogen and oxygen atoms in total. The van der Waals surface area contributed by atoms with E-state index < -0.39 is 23.5 Å². The van der Waals surface area contributed by atoms with E-state index in [1.54, 1.807) is 4.68 Å². The van der Waals surface area contributed by atoms with Gasteiger partial charge >= 0.3 is 6.18 Å². The van der Waals surface area contributed by atoms with Crippen molar-refractivity contribution in [2.75, 3.05) is 13.1 Å². The Hall–Kier alpha value is -2.45. The quantitative estimate of drug-likeness (QED) is 0.789. The molecular formula is C15H14F4N4O. The monoisotopic (exact) mass is 342 g/mol. The highest BCUT2D eigenvalue weighted by molar-refractivity contribution is 5.94. The lowest BCUT2D eigenvalue weighted by Crippen LogP contribution is -2.41. The molecule has 0 N–H and O–H groups in total. The number of amides is 1. The van der Waals surface area contributed by atoms with Crippen LogP contribution in [0.3, 0.4) is 0 Å². The fraction of sp³-hybridized carbons (Fsp3) is 0.400. The summed E-state index contributed by atoms with van der Waals surface area (Å²) in [5.41, 5.74) is -1.61. The predicted octanol–water partition coefficient (Wildman–Crippen LogP) is 2.91. The second-order valence-corrected chi connectivity index (χ2v) is 5.62. The molecule has 0 unspecified atom stereocenters. The van der Waals surface area contributed by atoms with Crippen molar-refractivity contribution >= 4 is 5.91 Å². The van der Waals surface area contributed by atoms with Gasteiger partial charge in [0, 0.05) is 18.7 Å². The third-order valence-electron chi connectivity index (χ3n) is 4.01. The zero-order chi connectivity index (χ0) is 17.3. The molecule has 1 saturated heterocycles. The Labute approximate surface area is 134 Å². The van der Waals surface area contributed by atoms with E-state index in [0.717, 1.165) is 12.5 Å². The first-order valence-electron chi connectivity index (χ1n) is 7.36. The molecule has 1 aliphatic heterocycles. The van der Waals surface area contributed by atoms with Crippen LogP contribution >= 0.6 is 0 Å². The summed E-state index contributed by atoms with van der Waals surface area (Å²) in [5, 5.41) is 4.03. The van der Waals surface area contributed by atoms with Gasteiger partial charge in [0.05, 0.1) is 11.6 Å². The lowest BCUT2D eigenvalue weighted by molar-refractivity contribution is -0.140. The minimum Gasteiger partial charge on any atom is -0.337 e. The molecular weight excluding hydrogens is 328 g/mol. The molecule has 9 heteroatoms. The van der Waals surface area contributed by atoms with Crippen molar-refractivity contribution in [1.82, 2.24) is 19.7 Å². The zero-order valence-electron chi connectivity index (χ0n) is 12.5. The molecule has 2 heterocycles. The first kappa shape index (κ1) is 16.4. The summed E-state index contributed by atoms with van der Waals surface area (Å²) in [4.78, 5) is 17.8. The number of carbonyl (C=O) groups is 1. The fourth-order valence-electron chi connectivity index (χ4n) is 2.82. The van der Waals surface area contributed by atoms with Crippen molar-refractivity contribution < 1.29 is 22.4 Å². The molecule has 128 valence electrons. The van der Waals surface area contributed by atoms with Gasteiger partial charge in [0.25, 0.3) is 5.91 Å². The number of nitrogens with zero attached hydrogens (tertiary/aromatic N) is 4. The van der Waals surface area contributed by atoms with Gasteiger partial charge in [-0.15, -0.1) is 0 Å². The van der Waals surface area contributed by atoms with Gasteiger partial charge in [0.15, 0.2) is 0 Å². The Morgan fingerprint density at radius 2 is 2.08 bits per heavy atom. The van der Waals surface area contributed by atoms with E-state index in [0.29, 0.717) is 31.6 Å². The van der Waals surface area contributed by atoms with Crippen LogP contribution in [0.25, 0.3) is 0 Å². The van der Waals surface area contributed by atoms with Crippen LogP contribution in [0.4, 0.5) is 17.6 Å². The van der Waals surface area contributed by atoms with Crippen LogP contribution in [0.15, 0.2) is 30.9 Å². The highest BCUT2D eigenvalue weighted by Gasteiger charge is 2.35. The number of aromatic nitrogens is 3. The average molecular weight is 342 g/mol. The van der Waals surface area contributed by atoms with E-state index in [4.69, 9.17) is 0 Å². The van der Waals surface area contributed by atoms with Gasteiger partial charge in [0.2, 0.25) is 0 Å². The zero-order valence-corrected chi connectivity index (χ0v) is 12.5. The molecule has 24 heavy (non-hydrogen) atoms. The van der Waals surface area contributed by atoms with Gasteiger partial charge in [-0.1, -0.05) is 0 Å². The summed E-state index contributed by atoms with van der Waals surface area (Å²) in [7, 11) is 0. The maximum atomic E-state index is 13.4. The van der Waals surface area contributed by atoms with Crippen LogP contribution in [0.5, 0.6) is 0 Å². The van der Waals surface area contributed by atoms with E-state index >= 15 is 0 Å².